The molecule has 0 radical (unpaired) electrons. The zero-order valence-corrected chi connectivity index (χ0v) is 16.4. The third-order valence-corrected chi connectivity index (χ3v) is 6.11. The molecule has 150 valence electrons. The number of benzene rings is 2. The third kappa shape index (κ3) is 4.16. The van der Waals surface area contributed by atoms with E-state index < -0.39 is 29.8 Å². The van der Waals surface area contributed by atoms with E-state index in [9.17, 15) is 19.1 Å². The van der Waals surface area contributed by atoms with Crippen molar-refractivity contribution in [2.45, 2.75) is 31.6 Å². The minimum absolute atomic E-state index is 0.0361. The van der Waals surface area contributed by atoms with Crippen molar-refractivity contribution in [3.63, 3.8) is 0 Å². The molecule has 0 spiro atoms. The normalized spacial score (nSPS) is 18.9. The quantitative estimate of drug-likeness (QED) is 0.652. The van der Waals surface area contributed by atoms with Crippen LogP contribution in [0.2, 0.25) is 0 Å². The maximum Gasteiger partial charge on any atom is 0.329 e. The van der Waals surface area contributed by atoms with Gasteiger partial charge in [-0.05, 0) is 28.5 Å². The van der Waals surface area contributed by atoms with Gasteiger partial charge in [-0.2, -0.15) is 0 Å². The van der Waals surface area contributed by atoms with Gasteiger partial charge in [-0.15, -0.1) is 11.3 Å². The lowest BCUT2D eigenvalue weighted by molar-refractivity contribution is -0.154. The lowest BCUT2D eigenvalue weighted by Gasteiger charge is -2.23. The molecule has 0 bridgehead atoms. The molecule has 4 rings (SSSR count). The predicted molar refractivity (Wildman–Crippen MR) is 108 cm³/mol. The van der Waals surface area contributed by atoms with E-state index in [0.717, 1.165) is 15.6 Å². The SMILES string of the molecule is O=C(OCc1csc2ccccc12)C1CC(O)CN1C(=O)Cc1ccccc1F. The molecule has 7 heteroatoms. The van der Waals surface area contributed by atoms with Gasteiger partial charge in [-0.25, -0.2) is 9.18 Å². The van der Waals surface area contributed by atoms with Crippen LogP contribution in [0.1, 0.15) is 17.5 Å². The van der Waals surface area contributed by atoms with Crippen molar-refractivity contribution < 1.29 is 23.8 Å². The van der Waals surface area contributed by atoms with Crippen LogP contribution in [-0.4, -0.2) is 40.6 Å². The highest BCUT2D eigenvalue weighted by Crippen LogP contribution is 2.27. The van der Waals surface area contributed by atoms with E-state index >= 15 is 0 Å². The number of hydrogen-bond acceptors (Lipinski definition) is 5. The van der Waals surface area contributed by atoms with Gasteiger partial charge in [-0.3, -0.25) is 4.79 Å². The van der Waals surface area contributed by atoms with Crippen molar-refractivity contribution in [2.75, 3.05) is 6.54 Å². The molecule has 1 aliphatic heterocycles. The summed E-state index contributed by atoms with van der Waals surface area (Å²) >= 11 is 1.57. The van der Waals surface area contributed by atoms with Gasteiger partial charge in [0.2, 0.25) is 5.91 Å². The monoisotopic (exact) mass is 413 g/mol. The fourth-order valence-corrected chi connectivity index (χ4v) is 4.56. The molecule has 2 heterocycles. The first-order valence-corrected chi connectivity index (χ1v) is 10.2. The van der Waals surface area contributed by atoms with E-state index in [-0.39, 0.29) is 31.6 Å². The fraction of sp³-hybridized carbons (Fsp3) is 0.273. The van der Waals surface area contributed by atoms with Crippen molar-refractivity contribution in [3.05, 3.63) is 70.9 Å². The average molecular weight is 413 g/mol. The van der Waals surface area contributed by atoms with Crippen molar-refractivity contribution in [1.82, 2.24) is 4.90 Å². The first kappa shape index (κ1) is 19.5. The lowest BCUT2D eigenvalue weighted by atomic mass is 10.1. The van der Waals surface area contributed by atoms with Crippen LogP contribution in [0.4, 0.5) is 4.39 Å². The van der Waals surface area contributed by atoms with Crippen LogP contribution in [0.15, 0.2) is 53.9 Å². The summed E-state index contributed by atoms with van der Waals surface area (Å²) in [6.07, 6.45) is -0.857. The Morgan fingerprint density at radius 1 is 1.14 bits per heavy atom. The number of esters is 1. The molecular weight excluding hydrogens is 393 g/mol. The smallest absolute Gasteiger partial charge is 0.329 e. The second-order valence-corrected chi connectivity index (χ2v) is 8.00. The number of nitrogens with zero attached hydrogens (tertiary/aromatic N) is 1. The zero-order valence-electron chi connectivity index (χ0n) is 15.6. The number of fused-ring (bicyclic) bond motifs is 1. The number of halogens is 1. The summed E-state index contributed by atoms with van der Waals surface area (Å²) in [7, 11) is 0. The van der Waals surface area contributed by atoms with E-state index in [2.05, 4.69) is 0 Å². The van der Waals surface area contributed by atoms with Gasteiger partial charge in [-0.1, -0.05) is 36.4 Å². The van der Waals surface area contributed by atoms with Crippen molar-refractivity contribution >= 4 is 33.3 Å². The number of β-amino-alcohol motifs (C(OH)–C–C–N with tert-alkyl or cyclic N) is 1. The lowest BCUT2D eigenvalue weighted by Crippen LogP contribution is -2.42. The summed E-state index contributed by atoms with van der Waals surface area (Å²) in [5, 5.41) is 13.0. The minimum atomic E-state index is -0.867. The van der Waals surface area contributed by atoms with Crippen molar-refractivity contribution in [2.24, 2.45) is 0 Å². The molecule has 1 aliphatic rings. The van der Waals surface area contributed by atoms with E-state index in [1.807, 2.05) is 29.6 Å². The number of carbonyl (C=O) groups excluding carboxylic acids is 2. The summed E-state index contributed by atoms with van der Waals surface area (Å²) in [6, 6.07) is 13.0. The molecule has 1 amide bonds. The number of thiophene rings is 1. The number of carbonyl (C=O) groups is 2. The number of ether oxygens (including phenoxy) is 1. The van der Waals surface area contributed by atoms with E-state index in [1.165, 1.54) is 17.0 Å². The summed E-state index contributed by atoms with van der Waals surface area (Å²) in [4.78, 5) is 26.6. The molecule has 2 atom stereocenters. The largest absolute Gasteiger partial charge is 0.459 e. The fourth-order valence-electron chi connectivity index (χ4n) is 3.61. The van der Waals surface area contributed by atoms with Gasteiger partial charge >= 0.3 is 5.97 Å². The van der Waals surface area contributed by atoms with Gasteiger partial charge < -0.3 is 14.7 Å². The summed E-state index contributed by atoms with van der Waals surface area (Å²) in [5.41, 5.74) is 1.16. The second-order valence-electron chi connectivity index (χ2n) is 7.08. The Labute approximate surface area is 171 Å². The average Bonchev–Trinajstić information content (AvgIpc) is 3.31. The van der Waals surface area contributed by atoms with Crippen LogP contribution in [0.25, 0.3) is 10.1 Å². The van der Waals surface area contributed by atoms with Gasteiger partial charge in [0.1, 0.15) is 18.5 Å². The summed E-state index contributed by atoms with van der Waals surface area (Å²) in [6.45, 7) is 0.138. The summed E-state index contributed by atoms with van der Waals surface area (Å²) in [5.74, 6) is -1.43. The Balaban J connectivity index is 1.43. The van der Waals surface area contributed by atoms with Gasteiger partial charge in [0.25, 0.3) is 0 Å². The number of aliphatic hydroxyl groups excluding tert-OH is 1. The molecule has 5 nitrogen and oxygen atoms in total. The molecule has 0 aliphatic carbocycles. The molecule has 2 unspecified atom stereocenters. The maximum atomic E-state index is 13.9. The Morgan fingerprint density at radius 2 is 1.90 bits per heavy atom. The van der Waals surface area contributed by atoms with Crippen LogP contribution in [-0.2, 0) is 27.4 Å². The van der Waals surface area contributed by atoms with E-state index in [4.69, 9.17) is 4.74 Å². The first-order valence-electron chi connectivity index (χ1n) is 9.35. The van der Waals surface area contributed by atoms with Gasteiger partial charge in [0.05, 0.1) is 12.5 Å². The van der Waals surface area contributed by atoms with Crippen molar-refractivity contribution in [1.29, 1.82) is 0 Å². The Bertz CT molecular complexity index is 1050. The summed E-state index contributed by atoms with van der Waals surface area (Å²) < 4.78 is 20.4. The Hall–Kier alpha value is -2.77. The topological polar surface area (TPSA) is 66.8 Å². The highest BCUT2D eigenvalue weighted by atomic mass is 32.1. The molecule has 3 aromatic rings. The number of rotatable bonds is 5. The Morgan fingerprint density at radius 3 is 2.72 bits per heavy atom. The minimum Gasteiger partial charge on any atom is -0.459 e. The number of hydrogen-bond donors (Lipinski definition) is 1. The van der Waals surface area contributed by atoms with Crippen LogP contribution < -0.4 is 0 Å². The molecular formula is C22H20FNO4S. The zero-order chi connectivity index (χ0) is 20.4. The number of amides is 1. The Kier molecular flexibility index (Phi) is 5.60. The molecule has 2 aromatic carbocycles. The molecule has 1 aromatic heterocycles. The second kappa shape index (κ2) is 8.31. The molecule has 1 saturated heterocycles. The van der Waals surface area contributed by atoms with Crippen LogP contribution in [0, 0.1) is 5.82 Å². The van der Waals surface area contributed by atoms with Crippen LogP contribution >= 0.6 is 11.3 Å². The highest BCUT2D eigenvalue weighted by Gasteiger charge is 2.40. The molecule has 29 heavy (non-hydrogen) atoms. The molecule has 1 N–H and O–H groups in total. The van der Waals surface area contributed by atoms with Crippen LogP contribution in [0.5, 0.6) is 0 Å². The first-order chi connectivity index (χ1) is 14.0. The highest BCUT2D eigenvalue weighted by molar-refractivity contribution is 7.17. The van der Waals surface area contributed by atoms with Crippen molar-refractivity contribution in [3.8, 4) is 0 Å². The molecule has 0 saturated carbocycles. The van der Waals surface area contributed by atoms with Gasteiger partial charge in [0.15, 0.2) is 0 Å². The van der Waals surface area contributed by atoms with E-state index in [1.54, 1.807) is 23.5 Å². The number of aliphatic hydroxyl groups is 1. The number of likely N-dealkylation sites (tertiary alicyclic amines) is 1. The maximum absolute atomic E-state index is 13.9. The van der Waals surface area contributed by atoms with Crippen LogP contribution in [0.3, 0.4) is 0 Å². The molecule has 1 fully saturated rings. The predicted octanol–water partition coefficient (Wildman–Crippen LogP) is 3.29. The van der Waals surface area contributed by atoms with E-state index in [0.29, 0.717) is 0 Å². The van der Waals surface area contributed by atoms with Gasteiger partial charge in [0, 0.05) is 23.2 Å². The standard InChI is InChI=1S/C22H20FNO4S/c23-18-7-3-1-5-14(18)9-21(26)24-11-16(25)10-19(24)22(27)28-12-15-13-29-20-8-4-2-6-17(15)20/h1-8,13,16,19,25H,9-12H2. The third-order valence-electron chi connectivity index (χ3n) is 5.10.